The molecule has 0 radical (unpaired) electrons. The molecule has 1 aromatic carbocycles. The van der Waals surface area contributed by atoms with Gasteiger partial charge in [-0.25, -0.2) is 4.98 Å². The van der Waals surface area contributed by atoms with Crippen LogP contribution in [-0.2, 0) is 16.1 Å². The number of nitrogens with zero attached hydrogens (tertiary/aromatic N) is 2. The summed E-state index contributed by atoms with van der Waals surface area (Å²) in [6.45, 7) is 7.65. The van der Waals surface area contributed by atoms with E-state index in [-0.39, 0.29) is 12.5 Å². The maximum atomic E-state index is 12.0. The predicted octanol–water partition coefficient (Wildman–Crippen LogP) is 2.23. The molecule has 1 aliphatic heterocycles. The number of carbonyl (C=O) groups is 1. The molecule has 0 atom stereocenters. The second-order valence-electron chi connectivity index (χ2n) is 6.51. The van der Waals surface area contributed by atoms with Gasteiger partial charge < -0.3 is 19.7 Å². The summed E-state index contributed by atoms with van der Waals surface area (Å²) in [5, 5.41) is 2.86. The number of carbonyl (C=O) groups excluding carboxylic acids is 1. The highest BCUT2D eigenvalue weighted by Gasteiger charge is 2.12. The van der Waals surface area contributed by atoms with Crippen LogP contribution in [0.5, 0.6) is 5.75 Å². The maximum Gasteiger partial charge on any atom is 0.258 e. The molecule has 2 aromatic rings. The number of amides is 1. The molecule has 0 unspecified atom stereocenters. The summed E-state index contributed by atoms with van der Waals surface area (Å²) in [5.74, 6) is 1.51. The molecule has 1 aliphatic rings. The first kappa shape index (κ1) is 18.2. The zero-order valence-corrected chi connectivity index (χ0v) is 15.3. The van der Waals surface area contributed by atoms with Crippen molar-refractivity contribution in [1.29, 1.82) is 0 Å². The van der Waals surface area contributed by atoms with E-state index in [2.05, 4.69) is 21.3 Å². The van der Waals surface area contributed by atoms with Crippen molar-refractivity contribution in [1.82, 2.24) is 10.3 Å². The van der Waals surface area contributed by atoms with E-state index in [9.17, 15) is 4.79 Å². The minimum atomic E-state index is -0.151. The van der Waals surface area contributed by atoms with Crippen LogP contribution < -0.4 is 15.0 Å². The van der Waals surface area contributed by atoms with Gasteiger partial charge in [-0.15, -0.1) is 0 Å². The summed E-state index contributed by atoms with van der Waals surface area (Å²) in [4.78, 5) is 18.7. The van der Waals surface area contributed by atoms with Gasteiger partial charge in [0.15, 0.2) is 6.61 Å². The fraction of sp³-hybridized carbons (Fsp3) is 0.400. The molecule has 138 valence electrons. The zero-order chi connectivity index (χ0) is 18.4. The number of aromatic nitrogens is 1. The molecule has 26 heavy (non-hydrogen) atoms. The number of benzene rings is 1. The zero-order valence-electron chi connectivity index (χ0n) is 15.3. The maximum absolute atomic E-state index is 12.0. The van der Waals surface area contributed by atoms with Crippen LogP contribution in [0.4, 0.5) is 5.82 Å². The highest BCUT2D eigenvalue weighted by atomic mass is 16.5. The Morgan fingerprint density at radius 3 is 2.58 bits per heavy atom. The first-order chi connectivity index (χ1) is 12.6. The number of pyridine rings is 1. The quantitative estimate of drug-likeness (QED) is 0.861. The van der Waals surface area contributed by atoms with E-state index in [0.717, 1.165) is 48.8 Å². The third-order valence-electron chi connectivity index (χ3n) is 4.20. The smallest absolute Gasteiger partial charge is 0.258 e. The molecule has 0 bridgehead atoms. The number of anilines is 1. The van der Waals surface area contributed by atoms with Crippen LogP contribution in [0.1, 0.15) is 16.7 Å². The van der Waals surface area contributed by atoms with Gasteiger partial charge in [0, 0.05) is 25.8 Å². The third kappa shape index (κ3) is 5.20. The summed E-state index contributed by atoms with van der Waals surface area (Å²) >= 11 is 0. The van der Waals surface area contributed by atoms with Crippen LogP contribution in [0, 0.1) is 13.8 Å². The second kappa shape index (κ2) is 8.67. The lowest BCUT2D eigenvalue weighted by atomic mass is 10.1. The Balaban J connectivity index is 1.45. The Bertz CT molecular complexity index is 720. The molecule has 1 N–H and O–H groups in total. The molecule has 1 fully saturated rings. The molecule has 2 heterocycles. The molecule has 0 spiro atoms. The Kier molecular flexibility index (Phi) is 6.07. The lowest BCUT2D eigenvalue weighted by molar-refractivity contribution is -0.123. The minimum absolute atomic E-state index is 0.00217. The number of nitrogens with one attached hydrogen (secondary N) is 1. The van der Waals surface area contributed by atoms with E-state index in [1.54, 1.807) is 6.20 Å². The topological polar surface area (TPSA) is 63.7 Å². The lowest BCUT2D eigenvalue weighted by Gasteiger charge is -2.27. The standard InChI is InChI=1S/C20H25N3O3/c1-15-9-16(2)11-18(10-15)26-14-20(24)22-13-17-3-4-19(21-12-17)23-5-7-25-8-6-23/h3-4,9-12H,5-8,13-14H2,1-2H3,(H,22,24). The Morgan fingerprint density at radius 2 is 1.92 bits per heavy atom. The number of hydrogen-bond acceptors (Lipinski definition) is 5. The number of morpholine rings is 1. The SMILES string of the molecule is Cc1cc(C)cc(OCC(=O)NCc2ccc(N3CCOCC3)nc2)c1. The summed E-state index contributed by atoms with van der Waals surface area (Å²) < 4.78 is 10.9. The van der Waals surface area contributed by atoms with Gasteiger partial charge in [0.1, 0.15) is 11.6 Å². The minimum Gasteiger partial charge on any atom is -0.484 e. The van der Waals surface area contributed by atoms with E-state index in [1.807, 2.05) is 38.1 Å². The number of hydrogen-bond donors (Lipinski definition) is 1. The van der Waals surface area contributed by atoms with Gasteiger partial charge in [0.2, 0.25) is 0 Å². The van der Waals surface area contributed by atoms with Crippen LogP contribution in [0.15, 0.2) is 36.5 Å². The Labute approximate surface area is 154 Å². The first-order valence-corrected chi connectivity index (χ1v) is 8.85. The molecule has 6 nitrogen and oxygen atoms in total. The van der Waals surface area contributed by atoms with Crippen molar-refractivity contribution in [3.8, 4) is 5.75 Å². The van der Waals surface area contributed by atoms with Gasteiger partial charge in [-0.2, -0.15) is 0 Å². The van der Waals surface area contributed by atoms with E-state index in [4.69, 9.17) is 9.47 Å². The molecule has 0 saturated carbocycles. The van der Waals surface area contributed by atoms with Crippen LogP contribution in [-0.4, -0.2) is 43.8 Å². The number of rotatable bonds is 6. The molecule has 0 aliphatic carbocycles. The summed E-state index contributed by atoms with van der Waals surface area (Å²) in [6.07, 6.45) is 1.80. The van der Waals surface area contributed by atoms with E-state index in [1.165, 1.54) is 0 Å². The second-order valence-corrected chi connectivity index (χ2v) is 6.51. The van der Waals surface area contributed by atoms with Crippen LogP contribution >= 0.6 is 0 Å². The van der Waals surface area contributed by atoms with E-state index < -0.39 is 0 Å². The van der Waals surface area contributed by atoms with Crippen LogP contribution in [0.2, 0.25) is 0 Å². The predicted molar refractivity (Wildman–Crippen MR) is 101 cm³/mol. The summed E-state index contributed by atoms with van der Waals surface area (Å²) in [5.41, 5.74) is 3.19. The normalized spacial score (nSPS) is 14.2. The van der Waals surface area contributed by atoms with E-state index in [0.29, 0.717) is 12.3 Å². The van der Waals surface area contributed by atoms with Crippen molar-refractivity contribution in [3.05, 3.63) is 53.2 Å². The van der Waals surface area contributed by atoms with Crippen molar-refractivity contribution in [2.24, 2.45) is 0 Å². The summed E-state index contributed by atoms with van der Waals surface area (Å²) in [6, 6.07) is 9.89. The number of aryl methyl sites for hydroxylation is 2. The van der Waals surface area contributed by atoms with Gasteiger partial charge in [-0.05, 0) is 48.7 Å². The van der Waals surface area contributed by atoms with Crippen molar-refractivity contribution in [2.75, 3.05) is 37.8 Å². The van der Waals surface area contributed by atoms with E-state index >= 15 is 0 Å². The van der Waals surface area contributed by atoms with Crippen molar-refractivity contribution in [2.45, 2.75) is 20.4 Å². The lowest BCUT2D eigenvalue weighted by Crippen LogP contribution is -2.36. The first-order valence-electron chi connectivity index (χ1n) is 8.85. The highest BCUT2D eigenvalue weighted by molar-refractivity contribution is 5.77. The Hall–Kier alpha value is -2.60. The van der Waals surface area contributed by atoms with Gasteiger partial charge >= 0.3 is 0 Å². The summed E-state index contributed by atoms with van der Waals surface area (Å²) in [7, 11) is 0. The molecule has 1 aromatic heterocycles. The highest BCUT2D eigenvalue weighted by Crippen LogP contribution is 2.16. The molecular weight excluding hydrogens is 330 g/mol. The van der Waals surface area contributed by atoms with Crippen molar-refractivity contribution >= 4 is 11.7 Å². The molecule has 1 amide bonds. The fourth-order valence-corrected chi connectivity index (χ4v) is 2.92. The number of ether oxygens (including phenoxy) is 2. The average Bonchev–Trinajstić information content (AvgIpc) is 2.65. The molecular formula is C20H25N3O3. The van der Waals surface area contributed by atoms with Crippen LogP contribution in [0.25, 0.3) is 0 Å². The Morgan fingerprint density at radius 1 is 1.19 bits per heavy atom. The van der Waals surface area contributed by atoms with Crippen molar-refractivity contribution in [3.63, 3.8) is 0 Å². The van der Waals surface area contributed by atoms with Gasteiger partial charge in [-0.1, -0.05) is 12.1 Å². The van der Waals surface area contributed by atoms with Crippen LogP contribution in [0.3, 0.4) is 0 Å². The monoisotopic (exact) mass is 355 g/mol. The molecule has 1 saturated heterocycles. The van der Waals surface area contributed by atoms with Gasteiger partial charge in [0.25, 0.3) is 5.91 Å². The van der Waals surface area contributed by atoms with Gasteiger partial charge in [-0.3, -0.25) is 4.79 Å². The largest absolute Gasteiger partial charge is 0.484 e. The fourth-order valence-electron chi connectivity index (χ4n) is 2.92. The van der Waals surface area contributed by atoms with Crippen molar-refractivity contribution < 1.29 is 14.3 Å². The van der Waals surface area contributed by atoms with Gasteiger partial charge in [0.05, 0.1) is 13.2 Å². The molecule has 6 heteroatoms. The average molecular weight is 355 g/mol. The molecule has 3 rings (SSSR count). The third-order valence-corrected chi connectivity index (χ3v) is 4.20.